The SMILES string of the molecule is Nc1ccccc1C(=O)N(N)c1cc(F)cc(F)c1. The zero-order valence-electron chi connectivity index (χ0n) is 9.81. The van der Waals surface area contributed by atoms with E-state index in [2.05, 4.69) is 0 Å². The van der Waals surface area contributed by atoms with Gasteiger partial charge in [-0.1, -0.05) is 12.1 Å². The van der Waals surface area contributed by atoms with Crippen LogP contribution in [0.1, 0.15) is 10.4 Å². The van der Waals surface area contributed by atoms with Crippen LogP contribution in [-0.2, 0) is 0 Å². The molecule has 19 heavy (non-hydrogen) atoms. The number of hydrogen-bond donors (Lipinski definition) is 2. The van der Waals surface area contributed by atoms with Gasteiger partial charge in [0.25, 0.3) is 5.91 Å². The maximum Gasteiger partial charge on any atom is 0.274 e. The van der Waals surface area contributed by atoms with Gasteiger partial charge in [-0.15, -0.1) is 0 Å². The van der Waals surface area contributed by atoms with Crippen molar-refractivity contribution in [2.45, 2.75) is 0 Å². The van der Waals surface area contributed by atoms with Gasteiger partial charge in [0.2, 0.25) is 0 Å². The maximum absolute atomic E-state index is 13.1. The van der Waals surface area contributed by atoms with Crippen LogP contribution in [0.5, 0.6) is 0 Å². The van der Waals surface area contributed by atoms with Gasteiger partial charge >= 0.3 is 0 Å². The summed E-state index contributed by atoms with van der Waals surface area (Å²) in [5.74, 6) is 3.28. The zero-order chi connectivity index (χ0) is 14.0. The monoisotopic (exact) mass is 263 g/mol. The van der Waals surface area contributed by atoms with Crippen LogP contribution < -0.4 is 16.6 Å². The summed E-state index contributed by atoms with van der Waals surface area (Å²) in [6.07, 6.45) is 0. The summed E-state index contributed by atoms with van der Waals surface area (Å²) in [4.78, 5) is 12.1. The Balaban J connectivity index is 2.36. The Kier molecular flexibility index (Phi) is 3.43. The second-order valence-corrected chi connectivity index (χ2v) is 3.89. The van der Waals surface area contributed by atoms with Crippen LogP contribution in [0.4, 0.5) is 20.2 Å². The highest BCUT2D eigenvalue weighted by atomic mass is 19.1. The number of carbonyl (C=O) groups is 1. The summed E-state index contributed by atoms with van der Waals surface area (Å²) < 4.78 is 26.2. The second kappa shape index (κ2) is 5.03. The molecule has 0 saturated carbocycles. The Morgan fingerprint density at radius 2 is 1.63 bits per heavy atom. The van der Waals surface area contributed by atoms with E-state index in [1.165, 1.54) is 12.1 Å². The molecule has 0 fully saturated rings. The first kappa shape index (κ1) is 13.0. The van der Waals surface area contributed by atoms with Crippen molar-refractivity contribution >= 4 is 17.3 Å². The molecule has 0 bridgehead atoms. The van der Waals surface area contributed by atoms with E-state index < -0.39 is 17.5 Å². The number of hydrazine groups is 1. The molecule has 0 unspecified atom stereocenters. The topological polar surface area (TPSA) is 72.4 Å². The molecule has 0 aliphatic carbocycles. The summed E-state index contributed by atoms with van der Waals surface area (Å²) in [6.45, 7) is 0. The molecule has 0 spiro atoms. The first-order valence-electron chi connectivity index (χ1n) is 5.39. The molecule has 2 rings (SSSR count). The van der Waals surface area contributed by atoms with E-state index in [0.29, 0.717) is 11.1 Å². The molecule has 0 aliphatic heterocycles. The average Bonchev–Trinajstić information content (AvgIpc) is 2.36. The first-order valence-corrected chi connectivity index (χ1v) is 5.39. The van der Waals surface area contributed by atoms with Gasteiger partial charge in [-0.25, -0.2) is 19.6 Å². The lowest BCUT2D eigenvalue weighted by molar-refractivity contribution is 0.0987. The van der Waals surface area contributed by atoms with Crippen molar-refractivity contribution in [2.75, 3.05) is 10.7 Å². The lowest BCUT2D eigenvalue weighted by atomic mass is 10.1. The number of rotatable bonds is 2. The van der Waals surface area contributed by atoms with Gasteiger partial charge in [0.15, 0.2) is 0 Å². The van der Waals surface area contributed by atoms with E-state index in [4.69, 9.17) is 11.6 Å². The van der Waals surface area contributed by atoms with Gasteiger partial charge in [-0.3, -0.25) is 4.79 Å². The van der Waals surface area contributed by atoms with Crippen LogP contribution >= 0.6 is 0 Å². The zero-order valence-corrected chi connectivity index (χ0v) is 9.81. The van der Waals surface area contributed by atoms with Crippen molar-refractivity contribution in [2.24, 2.45) is 5.84 Å². The van der Waals surface area contributed by atoms with Crippen LogP contribution in [-0.4, -0.2) is 5.91 Å². The lowest BCUT2D eigenvalue weighted by Gasteiger charge is -2.17. The number of carbonyl (C=O) groups excluding carboxylic acids is 1. The van der Waals surface area contributed by atoms with Crippen molar-refractivity contribution in [3.63, 3.8) is 0 Å². The molecule has 0 atom stereocenters. The Labute approximate surface area is 108 Å². The fraction of sp³-hybridized carbons (Fsp3) is 0. The molecule has 0 heterocycles. The third kappa shape index (κ3) is 2.69. The number of halogens is 2. The standard InChI is InChI=1S/C13H11F2N3O/c14-8-5-9(15)7-10(6-8)18(17)13(19)11-3-1-2-4-12(11)16/h1-7H,16-17H2. The normalized spacial score (nSPS) is 10.3. The van der Waals surface area contributed by atoms with E-state index >= 15 is 0 Å². The van der Waals surface area contributed by atoms with Crippen molar-refractivity contribution in [3.05, 3.63) is 59.7 Å². The maximum atomic E-state index is 13.1. The summed E-state index contributed by atoms with van der Waals surface area (Å²) in [6, 6.07) is 8.90. The Morgan fingerprint density at radius 3 is 2.21 bits per heavy atom. The fourth-order valence-electron chi connectivity index (χ4n) is 1.62. The molecule has 1 amide bonds. The molecule has 0 radical (unpaired) electrons. The number of anilines is 2. The Bertz CT molecular complexity index is 611. The van der Waals surface area contributed by atoms with E-state index in [0.717, 1.165) is 12.1 Å². The van der Waals surface area contributed by atoms with Crippen molar-refractivity contribution in [1.82, 2.24) is 0 Å². The molecule has 0 aromatic heterocycles. The third-order valence-electron chi connectivity index (χ3n) is 2.54. The van der Waals surface area contributed by atoms with E-state index in [1.54, 1.807) is 12.1 Å². The number of para-hydroxylation sites is 1. The molecule has 6 heteroatoms. The van der Waals surface area contributed by atoms with E-state index in [1.807, 2.05) is 0 Å². The molecule has 0 saturated heterocycles. The molecular formula is C13H11F2N3O. The number of nitrogens with two attached hydrogens (primary N) is 2. The Morgan fingerprint density at radius 1 is 1.05 bits per heavy atom. The average molecular weight is 263 g/mol. The van der Waals surface area contributed by atoms with E-state index in [9.17, 15) is 13.6 Å². The first-order chi connectivity index (χ1) is 8.99. The van der Waals surface area contributed by atoms with Crippen LogP contribution in [0.3, 0.4) is 0 Å². The molecule has 0 aliphatic rings. The van der Waals surface area contributed by atoms with Crippen LogP contribution in [0, 0.1) is 11.6 Å². The molecular weight excluding hydrogens is 252 g/mol. The predicted molar refractivity (Wildman–Crippen MR) is 68.2 cm³/mol. The van der Waals surface area contributed by atoms with Crippen LogP contribution in [0.25, 0.3) is 0 Å². The predicted octanol–water partition coefficient (Wildman–Crippen LogP) is 2.07. The minimum absolute atomic E-state index is 0.0919. The van der Waals surface area contributed by atoms with Crippen molar-refractivity contribution in [3.8, 4) is 0 Å². The number of nitrogen functional groups attached to an aromatic ring is 1. The van der Waals surface area contributed by atoms with Gasteiger partial charge in [-0.2, -0.15) is 0 Å². The largest absolute Gasteiger partial charge is 0.398 e. The van der Waals surface area contributed by atoms with Gasteiger partial charge < -0.3 is 5.73 Å². The lowest BCUT2D eigenvalue weighted by Crippen LogP contribution is -2.38. The number of nitrogens with zero attached hydrogens (tertiary/aromatic N) is 1. The molecule has 4 nitrogen and oxygen atoms in total. The minimum atomic E-state index is -0.820. The van der Waals surface area contributed by atoms with Gasteiger partial charge in [0, 0.05) is 11.8 Å². The number of hydrogen-bond acceptors (Lipinski definition) is 3. The summed E-state index contributed by atoms with van der Waals surface area (Å²) in [5, 5.41) is 0.651. The van der Waals surface area contributed by atoms with Gasteiger partial charge in [0.1, 0.15) is 11.6 Å². The smallest absolute Gasteiger partial charge is 0.274 e. The number of benzene rings is 2. The van der Waals surface area contributed by atoms with Gasteiger partial charge in [-0.05, 0) is 24.3 Å². The summed E-state index contributed by atoms with van der Waals surface area (Å²) >= 11 is 0. The van der Waals surface area contributed by atoms with Crippen molar-refractivity contribution in [1.29, 1.82) is 0 Å². The van der Waals surface area contributed by atoms with Crippen LogP contribution in [0.15, 0.2) is 42.5 Å². The van der Waals surface area contributed by atoms with E-state index in [-0.39, 0.29) is 16.9 Å². The summed E-state index contributed by atoms with van der Waals surface area (Å²) in [5.41, 5.74) is 5.95. The Hall–Kier alpha value is -2.47. The van der Waals surface area contributed by atoms with Crippen LogP contribution in [0.2, 0.25) is 0 Å². The highest BCUT2D eigenvalue weighted by Gasteiger charge is 2.17. The highest BCUT2D eigenvalue weighted by molar-refractivity contribution is 6.08. The summed E-state index contributed by atoms with van der Waals surface area (Å²) in [7, 11) is 0. The third-order valence-corrected chi connectivity index (χ3v) is 2.54. The van der Waals surface area contributed by atoms with Gasteiger partial charge in [0.05, 0.1) is 11.3 Å². The highest BCUT2D eigenvalue weighted by Crippen LogP contribution is 2.19. The fourth-order valence-corrected chi connectivity index (χ4v) is 1.62. The molecule has 2 aromatic rings. The molecule has 4 N–H and O–H groups in total. The number of amides is 1. The minimum Gasteiger partial charge on any atom is -0.398 e. The molecule has 2 aromatic carbocycles. The second-order valence-electron chi connectivity index (χ2n) is 3.89. The van der Waals surface area contributed by atoms with Crippen molar-refractivity contribution < 1.29 is 13.6 Å². The molecule has 98 valence electrons. The quantitative estimate of drug-likeness (QED) is 0.377.